The van der Waals surface area contributed by atoms with E-state index in [4.69, 9.17) is 4.74 Å². The standard InChI is InChI=1S/C10H9NO4/c1-15-9-5-4-8(3-2-6-12)10(7-9)11(13)14/h2-7H,1H3/b3-2+. The lowest BCUT2D eigenvalue weighted by atomic mass is 10.1. The molecule has 0 spiro atoms. The molecule has 0 aromatic heterocycles. The molecule has 5 heteroatoms. The van der Waals surface area contributed by atoms with Crippen LogP contribution in [0, 0.1) is 10.1 Å². The lowest BCUT2D eigenvalue weighted by Crippen LogP contribution is -1.93. The number of nitrogens with zero attached hydrogens (tertiary/aromatic N) is 1. The maximum atomic E-state index is 10.7. The number of hydrogen-bond donors (Lipinski definition) is 0. The molecule has 0 bridgehead atoms. The van der Waals surface area contributed by atoms with Gasteiger partial charge in [0.1, 0.15) is 12.0 Å². The quantitative estimate of drug-likeness (QED) is 0.327. The van der Waals surface area contributed by atoms with E-state index in [2.05, 4.69) is 0 Å². The minimum atomic E-state index is -0.521. The predicted octanol–water partition coefficient (Wildman–Crippen LogP) is 1.82. The summed E-state index contributed by atoms with van der Waals surface area (Å²) in [5, 5.41) is 10.7. The van der Waals surface area contributed by atoms with Gasteiger partial charge in [-0.1, -0.05) is 0 Å². The van der Waals surface area contributed by atoms with E-state index in [-0.39, 0.29) is 5.69 Å². The van der Waals surface area contributed by atoms with Gasteiger partial charge in [-0.05, 0) is 24.3 Å². The van der Waals surface area contributed by atoms with E-state index in [0.717, 1.165) is 0 Å². The van der Waals surface area contributed by atoms with Gasteiger partial charge in [0.2, 0.25) is 0 Å². The van der Waals surface area contributed by atoms with Crippen LogP contribution in [0.15, 0.2) is 24.3 Å². The molecule has 0 saturated heterocycles. The van der Waals surface area contributed by atoms with Gasteiger partial charge in [-0.15, -0.1) is 0 Å². The third kappa shape index (κ3) is 2.63. The molecule has 0 atom stereocenters. The largest absolute Gasteiger partial charge is 0.497 e. The van der Waals surface area contributed by atoms with Crippen molar-refractivity contribution in [2.24, 2.45) is 0 Å². The Bertz CT molecular complexity index is 412. The van der Waals surface area contributed by atoms with E-state index in [1.807, 2.05) is 0 Å². The van der Waals surface area contributed by atoms with Crippen LogP contribution in [0.5, 0.6) is 5.75 Å². The smallest absolute Gasteiger partial charge is 0.280 e. The maximum Gasteiger partial charge on any atom is 0.280 e. The Labute approximate surface area is 86.1 Å². The lowest BCUT2D eigenvalue weighted by molar-refractivity contribution is -0.385. The van der Waals surface area contributed by atoms with Crippen molar-refractivity contribution in [3.63, 3.8) is 0 Å². The van der Waals surface area contributed by atoms with Gasteiger partial charge in [-0.25, -0.2) is 0 Å². The molecule has 1 aromatic carbocycles. The highest BCUT2D eigenvalue weighted by molar-refractivity contribution is 5.76. The van der Waals surface area contributed by atoms with Gasteiger partial charge in [0.05, 0.1) is 23.7 Å². The molecule has 1 aromatic rings. The molecule has 5 nitrogen and oxygen atoms in total. The van der Waals surface area contributed by atoms with Crippen LogP contribution in [0.1, 0.15) is 5.56 Å². The Morgan fingerprint density at radius 2 is 2.20 bits per heavy atom. The van der Waals surface area contributed by atoms with Crippen LogP contribution in [-0.4, -0.2) is 18.3 Å². The van der Waals surface area contributed by atoms with Crippen molar-refractivity contribution in [3.8, 4) is 5.75 Å². The fourth-order valence-corrected chi connectivity index (χ4v) is 1.09. The Hall–Kier alpha value is -2.17. The summed E-state index contributed by atoms with van der Waals surface area (Å²) in [7, 11) is 1.43. The van der Waals surface area contributed by atoms with E-state index >= 15 is 0 Å². The third-order valence-corrected chi connectivity index (χ3v) is 1.79. The van der Waals surface area contributed by atoms with Gasteiger partial charge in [0.25, 0.3) is 5.69 Å². The molecule has 0 radical (unpaired) electrons. The molecule has 0 fully saturated rings. The second kappa shape index (κ2) is 4.90. The van der Waals surface area contributed by atoms with E-state index in [1.54, 1.807) is 6.07 Å². The number of methoxy groups -OCH3 is 1. The fourth-order valence-electron chi connectivity index (χ4n) is 1.09. The molecule has 0 aliphatic rings. The summed E-state index contributed by atoms with van der Waals surface area (Å²) in [6.07, 6.45) is 3.15. The minimum absolute atomic E-state index is 0.0903. The Morgan fingerprint density at radius 3 is 2.73 bits per heavy atom. The van der Waals surface area contributed by atoms with Crippen molar-refractivity contribution in [3.05, 3.63) is 40.0 Å². The van der Waals surface area contributed by atoms with Gasteiger partial charge >= 0.3 is 0 Å². The summed E-state index contributed by atoms with van der Waals surface area (Å²) in [4.78, 5) is 20.3. The molecule has 0 amide bonds. The van der Waals surface area contributed by atoms with Crippen LogP contribution in [0.2, 0.25) is 0 Å². The zero-order valence-electron chi connectivity index (χ0n) is 8.04. The number of aldehydes is 1. The molecule has 0 N–H and O–H groups in total. The molecular weight excluding hydrogens is 198 g/mol. The summed E-state index contributed by atoms with van der Waals surface area (Å²) in [6.45, 7) is 0. The Kier molecular flexibility index (Phi) is 3.56. The van der Waals surface area contributed by atoms with Gasteiger partial charge in [-0.3, -0.25) is 14.9 Å². The van der Waals surface area contributed by atoms with Gasteiger partial charge < -0.3 is 4.74 Å². The van der Waals surface area contributed by atoms with E-state index < -0.39 is 4.92 Å². The van der Waals surface area contributed by atoms with Crippen LogP contribution in [0.4, 0.5) is 5.69 Å². The van der Waals surface area contributed by atoms with Crippen LogP contribution in [0.3, 0.4) is 0 Å². The Morgan fingerprint density at radius 1 is 1.47 bits per heavy atom. The highest BCUT2D eigenvalue weighted by Gasteiger charge is 2.12. The monoisotopic (exact) mass is 207 g/mol. The number of hydrogen-bond acceptors (Lipinski definition) is 4. The maximum absolute atomic E-state index is 10.7. The molecule has 0 unspecified atom stereocenters. The van der Waals surface area contributed by atoms with Gasteiger partial charge in [-0.2, -0.15) is 0 Å². The number of carbonyl (C=O) groups excluding carboxylic acids is 1. The summed E-state index contributed by atoms with van der Waals surface area (Å²) in [5.74, 6) is 0.407. The third-order valence-electron chi connectivity index (χ3n) is 1.79. The van der Waals surface area contributed by atoms with Crippen molar-refractivity contribution < 1.29 is 14.5 Å². The zero-order chi connectivity index (χ0) is 11.3. The van der Waals surface area contributed by atoms with E-state index in [9.17, 15) is 14.9 Å². The first-order valence-electron chi connectivity index (χ1n) is 4.13. The number of ether oxygens (including phenoxy) is 1. The second-order valence-electron chi connectivity index (χ2n) is 2.68. The topological polar surface area (TPSA) is 69.4 Å². The van der Waals surface area contributed by atoms with Crippen LogP contribution < -0.4 is 4.74 Å². The highest BCUT2D eigenvalue weighted by atomic mass is 16.6. The first kappa shape index (κ1) is 10.9. The number of rotatable bonds is 4. The minimum Gasteiger partial charge on any atom is -0.497 e. The summed E-state index contributed by atoms with van der Waals surface area (Å²) >= 11 is 0. The second-order valence-corrected chi connectivity index (χ2v) is 2.68. The van der Waals surface area contributed by atoms with Crippen molar-refractivity contribution in [2.45, 2.75) is 0 Å². The molecule has 0 aliphatic carbocycles. The zero-order valence-corrected chi connectivity index (χ0v) is 8.04. The number of nitro benzene ring substituents is 1. The highest BCUT2D eigenvalue weighted by Crippen LogP contribution is 2.25. The van der Waals surface area contributed by atoms with Crippen molar-refractivity contribution in [1.29, 1.82) is 0 Å². The Balaban J connectivity index is 3.20. The molecule has 0 aliphatic heterocycles. The fraction of sp³-hybridized carbons (Fsp3) is 0.100. The normalized spacial score (nSPS) is 10.2. The number of benzene rings is 1. The summed E-state index contributed by atoms with van der Waals surface area (Å²) < 4.78 is 4.87. The van der Waals surface area contributed by atoms with Crippen molar-refractivity contribution in [2.75, 3.05) is 7.11 Å². The van der Waals surface area contributed by atoms with Crippen molar-refractivity contribution >= 4 is 18.0 Å². The lowest BCUT2D eigenvalue weighted by Gasteiger charge is -2.01. The number of carbonyl (C=O) groups is 1. The van der Waals surface area contributed by atoms with Crippen molar-refractivity contribution in [1.82, 2.24) is 0 Å². The molecular formula is C10H9NO4. The van der Waals surface area contributed by atoms with Crippen LogP contribution >= 0.6 is 0 Å². The molecule has 0 heterocycles. The first-order valence-corrected chi connectivity index (χ1v) is 4.13. The van der Waals surface area contributed by atoms with E-state index in [1.165, 1.54) is 31.4 Å². The molecule has 15 heavy (non-hydrogen) atoms. The SMILES string of the molecule is COc1ccc(/C=C/C=O)c([N+](=O)[O-])c1. The number of nitro groups is 1. The molecule has 78 valence electrons. The van der Waals surface area contributed by atoms with Gasteiger partial charge in [0, 0.05) is 0 Å². The average molecular weight is 207 g/mol. The average Bonchev–Trinajstić information content (AvgIpc) is 2.26. The van der Waals surface area contributed by atoms with E-state index in [0.29, 0.717) is 17.6 Å². The number of allylic oxidation sites excluding steroid dienone is 1. The summed E-state index contributed by atoms with van der Waals surface area (Å²) in [5.41, 5.74) is 0.278. The molecule has 0 saturated carbocycles. The molecule has 1 rings (SSSR count). The first-order chi connectivity index (χ1) is 7.19. The van der Waals surface area contributed by atoms with Crippen LogP contribution in [-0.2, 0) is 4.79 Å². The summed E-state index contributed by atoms with van der Waals surface area (Å²) in [6, 6.07) is 4.43. The predicted molar refractivity (Wildman–Crippen MR) is 54.7 cm³/mol. The van der Waals surface area contributed by atoms with Gasteiger partial charge in [0.15, 0.2) is 0 Å². The van der Waals surface area contributed by atoms with Crippen LogP contribution in [0.25, 0.3) is 6.08 Å².